The van der Waals surface area contributed by atoms with E-state index in [1.54, 1.807) is 0 Å². The lowest BCUT2D eigenvalue weighted by Crippen LogP contribution is -1.96. The van der Waals surface area contributed by atoms with Crippen molar-refractivity contribution in [2.75, 3.05) is 0 Å². The van der Waals surface area contributed by atoms with E-state index in [2.05, 4.69) is 190 Å². The molecule has 3 aromatic heterocycles. The van der Waals surface area contributed by atoms with Gasteiger partial charge in [-0.3, -0.25) is 0 Å². The second-order valence-electron chi connectivity index (χ2n) is 13.7. The van der Waals surface area contributed by atoms with Crippen molar-refractivity contribution in [1.29, 1.82) is 5.26 Å². The van der Waals surface area contributed by atoms with Gasteiger partial charge in [-0.15, -0.1) is 0 Å². The number of aromatic nitrogens is 3. The van der Waals surface area contributed by atoms with Crippen molar-refractivity contribution in [2.45, 2.75) is 0 Å². The number of hydrogen-bond donors (Lipinski definition) is 0. The van der Waals surface area contributed by atoms with Crippen LogP contribution in [0.3, 0.4) is 0 Å². The van der Waals surface area contributed by atoms with Crippen LogP contribution in [-0.4, -0.2) is 13.7 Å². The number of para-hydroxylation sites is 4. The second kappa shape index (κ2) is 11.3. The Bertz CT molecular complexity index is 3240. The fourth-order valence-electron chi connectivity index (χ4n) is 8.60. The fourth-order valence-corrected chi connectivity index (χ4v) is 8.60. The molecule has 4 nitrogen and oxygen atoms in total. The smallest absolute Gasteiger partial charge is 0.0991 e. The molecule has 0 radical (unpaired) electrons. The standard InChI is InChI=1S/C49H30N4/c50-31-32-24-26-46-42(28-32)40-25-27-47-48(49(40)53(46)35-14-2-1-3-15-35)41-20-6-9-23-45(41)52(47)37-17-11-13-34(30-37)33-12-10-16-36(29-33)51-43-21-7-4-18-38(43)39-19-5-8-22-44(39)51/h1-30H. The molecule has 0 aliphatic rings. The average molecular weight is 675 g/mol. The lowest BCUT2D eigenvalue weighted by atomic mass is 10.0. The quantitative estimate of drug-likeness (QED) is 0.183. The molecule has 0 unspecified atom stereocenters. The molecule has 11 rings (SSSR count). The van der Waals surface area contributed by atoms with Gasteiger partial charge in [0.05, 0.1) is 44.7 Å². The van der Waals surface area contributed by atoms with Gasteiger partial charge in [0.2, 0.25) is 0 Å². The zero-order valence-corrected chi connectivity index (χ0v) is 28.6. The topological polar surface area (TPSA) is 38.6 Å². The summed E-state index contributed by atoms with van der Waals surface area (Å²) in [5, 5.41) is 16.9. The Kier molecular flexibility index (Phi) is 6.28. The van der Waals surface area contributed by atoms with Crippen molar-refractivity contribution in [1.82, 2.24) is 13.7 Å². The van der Waals surface area contributed by atoms with Crippen LogP contribution in [0.25, 0.3) is 93.6 Å². The number of nitriles is 1. The third-order valence-electron chi connectivity index (χ3n) is 10.8. The van der Waals surface area contributed by atoms with Gasteiger partial charge in [-0.25, -0.2) is 0 Å². The minimum atomic E-state index is 0.658. The van der Waals surface area contributed by atoms with Gasteiger partial charge >= 0.3 is 0 Å². The molecule has 53 heavy (non-hydrogen) atoms. The van der Waals surface area contributed by atoms with E-state index < -0.39 is 0 Å². The number of hydrogen-bond acceptors (Lipinski definition) is 1. The van der Waals surface area contributed by atoms with E-state index in [-0.39, 0.29) is 0 Å². The molecular formula is C49H30N4. The van der Waals surface area contributed by atoms with E-state index in [0.717, 1.165) is 61.0 Å². The summed E-state index contributed by atoms with van der Waals surface area (Å²) in [7, 11) is 0. The highest BCUT2D eigenvalue weighted by atomic mass is 15.0. The molecule has 0 bridgehead atoms. The molecule has 0 aliphatic carbocycles. The van der Waals surface area contributed by atoms with Gasteiger partial charge < -0.3 is 13.7 Å². The summed E-state index contributed by atoms with van der Waals surface area (Å²) in [6, 6.07) is 67.2. The first-order valence-corrected chi connectivity index (χ1v) is 17.9. The van der Waals surface area contributed by atoms with Crippen LogP contribution in [0.4, 0.5) is 0 Å². The van der Waals surface area contributed by atoms with Crippen molar-refractivity contribution < 1.29 is 0 Å². The van der Waals surface area contributed by atoms with Crippen molar-refractivity contribution in [3.63, 3.8) is 0 Å². The zero-order valence-electron chi connectivity index (χ0n) is 28.6. The molecular weight excluding hydrogens is 645 g/mol. The Hall–Kier alpha value is -7.35. The van der Waals surface area contributed by atoms with Crippen molar-refractivity contribution >= 4 is 65.4 Å². The molecule has 0 fully saturated rings. The third kappa shape index (κ3) is 4.29. The first kappa shape index (κ1) is 29.4. The number of nitrogens with zero attached hydrogens (tertiary/aromatic N) is 4. The summed E-state index contributed by atoms with van der Waals surface area (Å²) in [5.74, 6) is 0. The monoisotopic (exact) mass is 674 g/mol. The molecule has 3 heterocycles. The fraction of sp³-hybridized carbons (Fsp3) is 0. The summed E-state index contributed by atoms with van der Waals surface area (Å²) >= 11 is 0. The molecule has 4 heteroatoms. The average Bonchev–Trinajstić information content (AvgIpc) is 3.87. The number of benzene rings is 8. The summed E-state index contributed by atoms with van der Waals surface area (Å²) < 4.78 is 7.14. The number of fused-ring (bicyclic) bond motifs is 10. The predicted molar refractivity (Wildman–Crippen MR) is 220 cm³/mol. The maximum Gasteiger partial charge on any atom is 0.0991 e. The third-order valence-corrected chi connectivity index (χ3v) is 10.8. The molecule has 0 aliphatic heterocycles. The van der Waals surface area contributed by atoms with Crippen LogP contribution in [0.15, 0.2) is 182 Å². The van der Waals surface area contributed by atoms with Gasteiger partial charge in [-0.05, 0) is 90.0 Å². The van der Waals surface area contributed by atoms with Gasteiger partial charge in [-0.2, -0.15) is 5.26 Å². The molecule has 11 aromatic rings. The Morgan fingerprint density at radius 3 is 1.49 bits per heavy atom. The number of rotatable bonds is 4. The maximum atomic E-state index is 9.83. The summed E-state index contributed by atoms with van der Waals surface area (Å²) in [5.41, 5.74) is 13.2. The summed E-state index contributed by atoms with van der Waals surface area (Å²) in [6.45, 7) is 0. The normalized spacial score (nSPS) is 11.8. The van der Waals surface area contributed by atoms with Crippen LogP contribution in [-0.2, 0) is 0 Å². The van der Waals surface area contributed by atoms with Crippen molar-refractivity contribution in [3.05, 3.63) is 188 Å². The first-order valence-electron chi connectivity index (χ1n) is 17.9. The van der Waals surface area contributed by atoms with Crippen LogP contribution in [0.2, 0.25) is 0 Å². The molecule has 0 atom stereocenters. The first-order chi connectivity index (χ1) is 26.3. The molecule has 0 N–H and O–H groups in total. The zero-order chi connectivity index (χ0) is 35.0. The Labute approximate surface area is 305 Å². The van der Waals surface area contributed by atoms with Gasteiger partial charge in [0.25, 0.3) is 0 Å². The second-order valence-corrected chi connectivity index (χ2v) is 13.7. The van der Waals surface area contributed by atoms with Crippen molar-refractivity contribution in [3.8, 4) is 34.3 Å². The predicted octanol–water partition coefficient (Wildman–Crippen LogP) is 12.5. The van der Waals surface area contributed by atoms with E-state index in [0.29, 0.717) is 5.56 Å². The van der Waals surface area contributed by atoms with E-state index in [1.165, 1.54) is 32.6 Å². The van der Waals surface area contributed by atoms with Gasteiger partial charge in [-0.1, -0.05) is 103 Å². The molecule has 0 spiro atoms. The van der Waals surface area contributed by atoms with E-state index in [1.807, 2.05) is 12.1 Å². The minimum Gasteiger partial charge on any atom is -0.309 e. The van der Waals surface area contributed by atoms with Gasteiger partial charge in [0.1, 0.15) is 0 Å². The Balaban J connectivity index is 1.14. The van der Waals surface area contributed by atoms with E-state index in [4.69, 9.17) is 0 Å². The molecule has 8 aromatic carbocycles. The summed E-state index contributed by atoms with van der Waals surface area (Å²) in [6.07, 6.45) is 0. The van der Waals surface area contributed by atoms with Crippen LogP contribution in [0, 0.1) is 11.3 Å². The highest BCUT2D eigenvalue weighted by Gasteiger charge is 2.21. The van der Waals surface area contributed by atoms with Gasteiger partial charge in [0, 0.05) is 49.4 Å². The minimum absolute atomic E-state index is 0.658. The molecule has 0 saturated carbocycles. The Morgan fingerprint density at radius 1 is 0.340 bits per heavy atom. The highest BCUT2D eigenvalue weighted by molar-refractivity contribution is 6.26. The maximum absolute atomic E-state index is 9.83. The highest BCUT2D eigenvalue weighted by Crippen LogP contribution is 2.42. The largest absolute Gasteiger partial charge is 0.309 e. The molecule has 246 valence electrons. The van der Waals surface area contributed by atoms with Crippen LogP contribution >= 0.6 is 0 Å². The lowest BCUT2D eigenvalue weighted by Gasteiger charge is -2.13. The lowest BCUT2D eigenvalue weighted by molar-refractivity contribution is 1.17. The van der Waals surface area contributed by atoms with E-state index in [9.17, 15) is 5.26 Å². The SMILES string of the molecule is N#Cc1ccc2c(c1)c1ccc3c(c4ccccc4n3-c3cccc(-c4cccc(-n5c6ccccc6c6ccccc65)c4)c3)c1n2-c1ccccc1. The van der Waals surface area contributed by atoms with Crippen LogP contribution in [0.5, 0.6) is 0 Å². The van der Waals surface area contributed by atoms with E-state index >= 15 is 0 Å². The molecule has 0 saturated heterocycles. The van der Waals surface area contributed by atoms with Gasteiger partial charge in [0.15, 0.2) is 0 Å². The van der Waals surface area contributed by atoms with Crippen LogP contribution < -0.4 is 0 Å². The Morgan fingerprint density at radius 2 is 0.849 bits per heavy atom. The summed E-state index contributed by atoms with van der Waals surface area (Å²) in [4.78, 5) is 0. The van der Waals surface area contributed by atoms with Crippen LogP contribution in [0.1, 0.15) is 5.56 Å². The van der Waals surface area contributed by atoms with Crippen molar-refractivity contribution in [2.24, 2.45) is 0 Å². The molecule has 0 amide bonds.